The predicted octanol–water partition coefficient (Wildman–Crippen LogP) is 2.47. The molecule has 1 saturated heterocycles. The first-order valence-corrected chi connectivity index (χ1v) is 10.2. The van der Waals surface area contributed by atoms with Gasteiger partial charge in [-0.1, -0.05) is 31.9 Å². The number of amides is 1. The van der Waals surface area contributed by atoms with Crippen LogP contribution in [0.25, 0.3) is 5.78 Å². The molecular weight excluding hydrogens is 368 g/mol. The highest BCUT2D eigenvalue weighted by Crippen LogP contribution is 2.17. The largest absolute Gasteiger partial charge is 0.356 e. The number of rotatable bonds is 5. The predicted molar refractivity (Wildman–Crippen MR) is 112 cm³/mol. The van der Waals surface area contributed by atoms with Crippen molar-refractivity contribution in [3.8, 4) is 0 Å². The number of hydrogen-bond donors (Lipinski definition) is 1. The molecule has 8 nitrogen and oxygen atoms in total. The van der Waals surface area contributed by atoms with Crippen molar-refractivity contribution in [2.24, 2.45) is 0 Å². The van der Waals surface area contributed by atoms with Crippen molar-refractivity contribution in [1.29, 1.82) is 0 Å². The Morgan fingerprint density at radius 2 is 1.93 bits per heavy atom. The molecule has 1 amide bonds. The van der Waals surface area contributed by atoms with Crippen LogP contribution in [0.5, 0.6) is 0 Å². The minimum Gasteiger partial charge on any atom is -0.356 e. The zero-order valence-electron chi connectivity index (χ0n) is 16.7. The van der Waals surface area contributed by atoms with Gasteiger partial charge in [0.1, 0.15) is 12.4 Å². The normalized spacial score (nSPS) is 14.7. The molecule has 1 N–H and O–H groups in total. The van der Waals surface area contributed by atoms with Crippen molar-refractivity contribution < 1.29 is 4.79 Å². The van der Waals surface area contributed by atoms with Crippen LogP contribution in [0.4, 0.5) is 11.5 Å². The summed E-state index contributed by atoms with van der Waals surface area (Å²) in [6.07, 6.45) is 7.35. The van der Waals surface area contributed by atoms with Gasteiger partial charge < -0.3 is 10.2 Å². The molecular formula is C21H26N6O2. The van der Waals surface area contributed by atoms with Gasteiger partial charge in [-0.2, -0.15) is 4.98 Å². The lowest BCUT2D eigenvalue weighted by atomic mass is 10.1. The minimum atomic E-state index is -0.368. The van der Waals surface area contributed by atoms with Crippen LogP contribution in [-0.4, -0.2) is 38.2 Å². The maximum atomic E-state index is 12.6. The minimum absolute atomic E-state index is 0.155. The van der Waals surface area contributed by atoms with E-state index in [0.717, 1.165) is 48.4 Å². The second kappa shape index (κ2) is 8.46. The molecule has 2 aromatic heterocycles. The summed E-state index contributed by atoms with van der Waals surface area (Å²) in [6, 6.07) is 9.52. The Labute approximate surface area is 169 Å². The molecule has 1 aliphatic heterocycles. The second-order valence-corrected chi connectivity index (χ2v) is 7.40. The van der Waals surface area contributed by atoms with Gasteiger partial charge in [-0.3, -0.25) is 4.79 Å². The summed E-state index contributed by atoms with van der Waals surface area (Å²) < 4.78 is 2.54. The van der Waals surface area contributed by atoms with Gasteiger partial charge >= 0.3 is 5.69 Å². The van der Waals surface area contributed by atoms with Gasteiger partial charge in [0.05, 0.1) is 0 Å². The molecule has 0 bridgehead atoms. The van der Waals surface area contributed by atoms with Gasteiger partial charge in [0, 0.05) is 25.0 Å². The number of hydrogen-bond acceptors (Lipinski definition) is 5. The number of anilines is 2. The summed E-state index contributed by atoms with van der Waals surface area (Å²) in [6.45, 7) is 3.84. The molecule has 0 atom stereocenters. The van der Waals surface area contributed by atoms with Crippen LogP contribution < -0.4 is 15.9 Å². The standard InChI is InChI=1S/C21H26N6O2/c1-2-16-8-7-9-17(14-16)22-19(28)15-27-21(29)26-13-10-18(23-20(26)24-27)25-11-5-3-4-6-12-25/h7-10,13-14H,2-6,11-12,15H2,1H3,(H,22,28). The number of carbonyl (C=O) groups is 1. The summed E-state index contributed by atoms with van der Waals surface area (Å²) in [5.74, 6) is 0.853. The Hall–Kier alpha value is -3.16. The molecule has 0 radical (unpaired) electrons. The highest BCUT2D eigenvalue weighted by molar-refractivity contribution is 5.90. The first kappa shape index (κ1) is 19.2. The van der Waals surface area contributed by atoms with Crippen LogP contribution >= 0.6 is 0 Å². The third-order valence-corrected chi connectivity index (χ3v) is 5.28. The molecule has 3 heterocycles. The average molecular weight is 394 g/mol. The van der Waals surface area contributed by atoms with E-state index in [2.05, 4.69) is 27.2 Å². The number of fused-ring (bicyclic) bond motifs is 1. The second-order valence-electron chi connectivity index (χ2n) is 7.40. The monoisotopic (exact) mass is 394 g/mol. The SMILES string of the molecule is CCc1cccc(NC(=O)Cn2nc3nc(N4CCCCCC4)ccn3c2=O)c1. The molecule has 3 aromatic rings. The maximum absolute atomic E-state index is 12.6. The fourth-order valence-corrected chi connectivity index (χ4v) is 3.68. The van der Waals surface area contributed by atoms with E-state index < -0.39 is 0 Å². The van der Waals surface area contributed by atoms with Crippen LogP contribution in [0.15, 0.2) is 41.3 Å². The first-order chi connectivity index (χ1) is 14.1. The van der Waals surface area contributed by atoms with Crippen molar-refractivity contribution in [2.45, 2.75) is 45.6 Å². The Morgan fingerprint density at radius 1 is 1.14 bits per heavy atom. The molecule has 0 unspecified atom stereocenters. The molecule has 8 heteroatoms. The van der Waals surface area contributed by atoms with Crippen molar-refractivity contribution in [3.05, 3.63) is 52.6 Å². The summed E-state index contributed by atoms with van der Waals surface area (Å²) in [5, 5.41) is 7.11. The van der Waals surface area contributed by atoms with Crippen molar-refractivity contribution in [3.63, 3.8) is 0 Å². The number of nitrogens with one attached hydrogen (secondary N) is 1. The van der Waals surface area contributed by atoms with E-state index in [-0.39, 0.29) is 18.1 Å². The molecule has 1 aromatic carbocycles. The van der Waals surface area contributed by atoms with E-state index in [1.54, 1.807) is 6.20 Å². The smallest absolute Gasteiger partial charge is 0.352 e. The van der Waals surface area contributed by atoms with Crippen molar-refractivity contribution >= 4 is 23.2 Å². The summed E-state index contributed by atoms with van der Waals surface area (Å²) >= 11 is 0. The van der Waals surface area contributed by atoms with Crippen LogP contribution in [0.2, 0.25) is 0 Å². The molecule has 0 saturated carbocycles. The van der Waals surface area contributed by atoms with E-state index in [1.807, 2.05) is 30.3 Å². The summed E-state index contributed by atoms with van der Waals surface area (Å²) in [7, 11) is 0. The van der Waals surface area contributed by atoms with Gasteiger partial charge in [0.15, 0.2) is 0 Å². The molecule has 152 valence electrons. The van der Waals surface area contributed by atoms with E-state index in [1.165, 1.54) is 17.2 Å². The molecule has 1 fully saturated rings. The number of aromatic nitrogens is 4. The van der Waals surface area contributed by atoms with Gasteiger partial charge in [-0.05, 0) is 43.0 Å². The molecule has 0 aliphatic carbocycles. The van der Waals surface area contributed by atoms with Gasteiger partial charge in [-0.25, -0.2) is 13.9 Å². The molecule has 1 aliphatic rings. The van der Waals surface area contributed by atoms with Crippen LogP contribution in [-0.2, 0) is 17.8 Å². The third kappa shape index (κ3) is 4.31. The fourth-order valence-electron chi connectivity index (χ4n) is 3.68. The Kier molecular flexibility index (Phi) is 5.59. The average Bonchev–Trinajstić information content (AvgIpc) is 2.91. The van der Waals surface area contributed by atoms with Gasteiger partial charge in [0.2, 0.25) is 5.91 Å². The van der Waals surface area contributed by atoms with E-state index in [4.69, 9.17) is 0 Å². The fraction of sp³-hybridized carbons (Fsp3) is 0.429. The topological polar surface area (TPSA) is 84.5 Å². The quantitative estimate of drug-likeness (QED) is 0.719. The van der Waals surface area contributed by atoms with E-state index in [9.17, 15) is 9.59 Å². The molecule has 4 rings (SSSR count). The Bertz CT molecular complexity index is 1060. The zero-order chi connectivity index (χ0) is 20.2. The molecule has 29 heavy (non-hydrogen) atoms. The lowest BCUT2D eigenvalue weighted by molar-refractivity contribution is -0.117. The lowest BCUT2D eigenvalue weighted by Gasteiger charge is -2.20. The van der Waals surface area contributed by atoms with Crippen molar-refractivity contribution in [2.75, 3.05) is 23.3 Å². The Balaban J connectivity index is 1.52. The highest BCUT2D eigenvalue weighted by atomic mass is 16.2. The number of benzene rings is 1. The summed E-state index contributed by atoms with van der Waals surface area (Å²) in [4.78, 5) is 31.8. The first-order valence-electron chi connectivity index (χ1n) is 10.2. The van der Waals surface area contributed by atoms with Crippen LogP contribution in [0.3, 0.4) is 0 Å². The number of nitrogens with zero attached hydrogens (tertiary/aromatic N) is 5. The summed E-state index contributed by atoms with van der Waals surface area (Å²) in [5.41, 5.74) is 1.48. The van der Waals surface area contributed by atoms with Gasteiger partial charge in [-0.15, -0.1) is 5.10 Å². The maximum Gasteiger partial charge on any atom is 0.352 e. The highest BCUT2D eigenvalue weighted by Gasteiger charge is 2.15. The van der Waals surface area contributed by atoms with Crippen LogP contribution in [0, 0.1) is 0 Å². The van der Waals surface area contributed by atoms with E-state index >= 15 is 0 Å². The lowest BCUT2D eigenvalue weighted by Crippen LogP contribution is -2.28. The number of aryl methyl sites for hydroxylation is 1. The van der Waals surface area contributed by atoms with E-state index in [0.29, 0.717) is 11.5 Å². The van der Waals surface area contributed by atoms with Crippen LogP contribution in [0.1, 0.15) is 38.2 Å². The molecule has 0 spiro atoms. The zero-order valence-corrected chi connectivity index (χ0v) is 16.7. The number of carbonyl (C=O) groups excluding carboxylic acids is 1. The van der Waals surface area contributed by atoms with Crippen molar-refractivity contribution in [1.82, 2.24) is 19.2 Å². The third-order valence-electron chi connectivity index (χ3n) is 5.28. The van der Waals surface area contributed by atoms with Gasteiger partial charge in [0.25, 0.3) is 5.78 Å². The Morgan fingerprint density at radius 3 is 2.69 bits per heavy atom.